The van der Waals surface area contributed by atoms with Gasteiger partial charge in [-0.1, -0.05) is 29.8 Å². The molecular weight excluding hydrogens is 338 g/mol. The number of methoxy groups -OCH3 is 2. The van der Waals surface area contributed by atoms with E-state index in [4.69, 9.17) is 21.1 Å². The lowest BCUT2D eigenvalue weighted by Gasteiger charge is -2.19. The highest BCUT2D eigenvalue weighted by Crippen LogP contribution is 2.29. The van der Waals surface area contributed by atoms with Gasteiger partial charge in [-0.3, -0.25) is 0 Å². The number of para-hydroxylation sites is 1. The van der Waals surface area contributed by atoms with Gasteiger partial charge in [-0.25, -0.2) is 8.42 Å². The van der Waals surface area contributed by atoms with Gasteiger partial charge in [0.25, 0.3) is 0 Å². The van der Waals surface area contributed by atoms with E-state index in [1.54, 1.807) is 13.2 Å². The monoisotopic (exact) mass is 355 g/mol. The number of sulfonamides is 1. The van der Waals surface area contributed by atoms with E-state index >= 15 is 0 Å². The molecule has 124 valence electrons. The smallest absolute Gasteiger partial charge is 0.243 e. The first-order valence-electron chi connectivity index (χ1n) is 6.82. The van der Waals surface area contributed by atoms with Crippen LogP contribution in [0.4, 0.5) is 0 Å². The molecule has 0 heterocycles. The van der Waals surface area contributed by atoms with E-state index in [1.165, 1.54) is 36.7 Å². The molecule has 0 saturated heterocycles. The van der Waals surface area contributed by atoms with E-state index in [-0.39, 0.29) is 16.5 Å². The van der Waals surface area contributed by atoms with Crippen LogP contribution in [0.1, 0.15) is 5.56 Å². The van der Waals surface area contributed by atoms with Gasteiger partial charge in [-0.2, -0.15) is 4.31 Å². The molecule has 2 aromatic rings. The number of benzene rings is 2. The topological polar surface area (TPSA) is 55.8 Å². The summed E-state index contributed by atoms with van der Waals surface area (Å²) in [5, 5.41) is 0.249. The van der Waals surface area contributed by atoms with Crippen LogP contribution < -0.4 is 9.47 Å². The molecule has 0 saturated carbocycles. The van der Waals surface area contributed by atoms with E-state index in [9.17, 15) is 8.42 Å². The summed E-state index contributed by atoms with van der Waals surface area (Å²) < 4.78 is 36.9. The van der Waals surface area contributed by atoms with Gasteiger partial charge < -0.3 is 9.47 Å². The number of hydrogen-bond acceptors (Lipinski definition) is 4. The molecule has 2 aromatic carbocycles. The van der Waals surface area contributed by atoms with Crippen molar-refractivity contribution in [3.8, 4) is 11.5 Å². The van der Waals surface area contributed by atoms with Crippen molar-refractivity contribution in [3.63, 3.8) is 0 Å². The normalized spacial score (nSPS) is 11.5. The molecule has 0 amide bonds. The van der Waals surface area contributed by atoms with Crippen LogP contribution in [-0.4, -0.2) is 34.0 Å². The van der Waals surface area contributed by atoms with Crippen LogP contribution >= 0.6 is 11.6 Å². The molecule has 0 aliphatic rings. The van der Waals surface area contributed by atoms with Crippen molar-refractivity contribution < 1.29 is 17.9 Å². The summed E-state index contributed by atoms with van der Waals surface area (Å²) in [6.07, 6.45) is 0. The highest BCUT2D eigenvalue weighted by Gasteiger charge is 2.23. The highest BCUT2D eigenvalue weighted by atomic mass is 35.5. The van der Waals surface area contributed by atoms with Crippen LogP contribution in [0, 0.1) is 0 Å². The molecule has 0 spiro atoms. The molecule has 0 aromatic heterocycles. The summed E-state index contributed by atoms with van der Waals surface area (Å²) in [4.78, 5) is 0.112. The van der Waals surface area contributed by atoms with Crippen molar-refractivity contribution in [2.75, 3.05) is 21.3 Å². The standard InChI is InChI=1S/C16H18ClNO4S/c1-18(11-12-6-4-5-7-15(12)21-2)23(19,20)13-8-9-16(22-3)14(17)10-13/h4-10H,11H2,1-3H3. The first kappa shape index (κ1) is 17.6. The van der Waals surface area contributed by atoms with Crippen molar-refractivity contribution in [2.45, 2.75) is 11.4 Å². The average molecular weight is 356 g/mol. The van der Waals surface area contributed by atoms with Gasteiger partial charge >= 0.3 is 0 Å². The van der Waals surface area contributed by atoms with Gasteiger partial charge in [-0.05, 0) is 24.3 Å². The van der Waals surface area contributed by atoms with Crippen LogP contribution in [0.25, 0.3) is 0 Å². The van der Waals surface area contributed by atoms with E-state index in [2.05, 4.69) is 0 Å². The van der Waals surface area contributed by atoms with Crippen LogP contribution in [-0.2, 0) is 16.6 Å². The molecule has 0 bridgehead atoms. The summed E-state index contributed by atoms with van der Waals surface area (Å²) in [7, 11) is 0.869. The Morgan fingerprint density at radius 2 is 1.70 bits per heavy atom. The maximum absolute atomic E-state index is 12.7. The molecule has 0 fully saturated rings. The number of hydrogen-bond donors (Lipinski definition) is 0. The quantitative estimate of drug-likeness (QED) is 0.798. The summed E-state index contributed by atoms with van der Waals surface area (Å²) in [6, 6.07) is 11.7. The summed E-state index contributed by atoms with van der Waals surface area (Å²) >= 11 is 6.02. The zero-order valence-electron chi connectivity index (χ0n) is 13.1. The van der Waals surface area contributed by atoms with Gasteiger partial charge in [0.05, 0.1) is 24.1 Å². The van der Waals surface area contributed by atoms with E-state index < -0.39 is 10.0 Å². The number of nitrogens with zero attached hydrogens (tertiary/aromatic N) is 1. The lowest BCUT2D eigenvalue weighted by Crippen LogP contribution is -2.26. The molecule has 0 aliphatic heterocycles. The third-order valence-electron chi connectivity index (χ3n) is 3.42. The van der Waals surface area contributed by atoms with Crippen LogP contribution in [0.5, 0.6) is 11.5 Å². The number of halogens is 1. The van der Waals surface area contributed by atoms with Gasteiger partial charge in [0.2, 0.25) is 10.0 Å². The average Bonchev–Trinajstić information content (AvgIpc) is 2.55. The number of ether oxygens (including phenoxy) is 2. The molecule has 23 heavy (non-hydrogen) atoms. The van der Waals surface area contributed by atoms with Crippen molar-refractivity contribution in [1.82, 2.24) is 4.31 Å². The third kappa shape index (κ3) is 3.77. The summed E-state index contributed by atoms with van der Waals surface area (Å²) in [6.45, 7) is 0.190. The third-order valence-corrected chi connectivity index (χ3v) is 5.51. The fraction of sp³-hybridized carbons (Fsp3) is 0.250. The molecular formula is C16H18ClNO4S. The van der Waals surface area contributed by atoms with Crippen molar-refractivity contribution in [1.29, 1.82) is 0 Å². The maximum Gasteiger partial charge on any atom is 0.243 e. The maximum atomic E-state index is 12.7. The van der Waals surface area contributed by atoms with E-state index in [0.717, 1.165) is 5.56 Å². The summed E-state index contributed by atoms with van der Waals surface area (Å²) in [5.74, 6) is 1.07. The second-order valence-corrected chi connectivity index (χ2v) is 7.32. The zero-order chi connectivity index (χ0) is 17.0. The predicted molar refractivity (Wildman–Crippen MR) is 89.7 cm³/mol. The Hall–Kier alpha value is -1.76. The Morgan fingerprint density at radius 3 is 2.30 bits per heavy atom. The molecule has 0 atom stereocenters. The zero-order valence-corrected chi connectivity index (χ0v) is 14.7. The molecule has 0 N–H and O–H groups in total. The van der Waals surface area contributed by atoms with Crippen LogP contribution in [0.15, 0.2) is 47.4 Å². The first-order chi connectivity index (χ1) is 10.9. The molecule has 0 aliphatic carbocycles. The van der Waals surface area contributed by atoms with E-state index in [1.807, 2.05) is 18.2 Å². The lowest BCUT2D eigenvalue weighted by atomic mass is 10.2. The van der Waals surface area contributed by atoms with Gasteiger partial charge in [0.15, 0.2) is 0 Å². The SMILES string of the molecule is COc1ccc(S(=O)(=O)N(C)Cc2ccccc2OC)cc1Cl. The molecule has 2 rings (SSSR count). The highest BCUT2D eigenvalue weighted by molar-refractivity contribution is 7.89. The van der Waals surface area contributed by atoms with Crippen molar-refractivity contribution in [2.24, 2.45) is 0 Å². The van der Waals surface area contributed by atoms with Gasteiger partial charge in [0, 0.05) is 19.2 Å². The fourth-order valence-electron chi connectivity index (χ4n) is 2.15. The fourth-order valence-corrected chi connectivity index (χ4v) is 3.64. The molecule has 5 nitrogen and oxygen atoms in total. The minimum Gasteiger partial charge on any atom is -0.496 e. The van der Waals surface area contributed by atoms with Crippen LogP contribution in [0.2, 0.25) is 5.02 Å². The van der Waals surface area contributed by atoms with Crippen molar-refractivity contribution in [3.05, 3.63) is 53.1 Å². The Kier molecular flexibility index (Phi) is 5.51. The Morgan fingerprint density at radius 1 is 1.04 bits per heavy atom. The largest absolute Gasteiger partial charge is 0.496 e. The van der Waals surface area contributed by atoms with E-state index in [0.29, 0.717) is 11.5 Å². The molecule has 0 radical (unpaired) electrons. The predicted octanol–water partition coefficient (Wildman–Crippen LogP) is 3.18. The van der Waals surface area contributed by atoms with Gasteiger partial charge in [0.1, 0.15) is 11.5 Å². The van der Waals surface area contributed by atoms with Crippen LogP contribution in [0.3, 0.4) is 0 Å². The Bertz CT molecular complexity index is 792. The summed E-state index contributed by atoms with van der Waals surface area (Å²) in [5.41, 5.74) is 0.778. The minimum absolute atomic E-state index is 0.112. The second-order valence-electron chi connectivity index (χ2n) is 4.87. The Balaban J connectivity index is 2.30. The lowest BCUT2D eigenvalue weighted by molar-refractivity contribution is 0.398. The number of rotatable bonds is 6. The second kappa shape index (κ2) is 7.21. The first-order valence-corrected chi connectivity index (χ1v) is 8.63. The molecule has 0 unspecified atom stereocenters. The van der Waals surface area contributed by atoms with Crippen molar-refractivity contribution >= 4 is 21.6 Å². The van der Waals surface area contributed by atoms with Gasteiger partial charge in [-0.15, -0.1) is 0 Å². The molecule has 7 heteroatoms. The minimum atomic E-state index is -3.67. The Labute approximate surface area is 141 Å².